The zero-order valence-corrected chi connectivity index (χ0v) is 20.6. The lowest BCUT2D eigenvalue weighted by Gasteiger charge is -2.25. The quantitative estimate of drug-likeness (QED) is 0.251. The third-order valence-electron chi connectivity index (χ3n) is 4.90. The van der Waals surface area contributed by atoms with Gasteiger partial charge in [0.1, 0.15) is 6.54 Å². The topological polar surface area (TPSA) is 105 Å². The van der Waals surface area contributed by atoms with Crippen LogP contribution >= 0.6 is 11.6 Å². The second-order valence-electron chi connectivity index (χ2n) is 7.40. The van der Waals surface area contributed by atoms with E-state index in [0.717, 1.165) is 6.07 Å². The summed E-state index contributed by atoms with van der Waals surface area (Å²) in [5.74, 6) is -1.49. The second-order valence-corrected chi connectivity index (χ2v) is 9.66. The SMILES string of the molecule is COC(=O)c1ccc(/C=N/NC(=O)CN(c2cc(C(F)(F)F)ccc2Cl)S(=O)(=O)c2ccccc2)cc1. The largest absolute Gasteiger partial charge is 0.465 e. The number of ether oxygens (including phenoxy) is 1. The number of nitrogens with zero attached hydrogens (tertiary/aromatic N) is 2. The first-order valence-corrected chi connectivity index (χ1v) is 12.2. The number of benzene rings is 3. The van der Waals surface area contributed by atoms with E-state index in [1.807, 2.05) is 0 Å². The number of anilines is 1. The van der Waals surface area contributed by atoms with Crippen LogP contribution in [-0.2, 0) is 25.7 Å². The predicted molar refractivity (Wildman–Crippen MR) is 131 cm³/mol. The molecule has 0 spiro atoms. The minimum atomic E-state index is -4.78. The summed E-state index contributed by atoms with van der Waals surface area (Å²) in [6.07, 6.45) is -3.55. The van der Waals surface area contributed by atoms with Crippen molar-refractivity contribution < 1.29 is 35.9 Å². The van der Waals surface area contributed by atoms with Crippen LogP contribution in [0.4, 0.5) is 18.9 Å². The Bertz CT molecular complexity index is 1410. The number of hydrogen-bond acceptors (Lipinski definition) is 6. The maximum absolute atomic E-state index is 13.3. The van der Waals surface area contributed by atoms with Gasteiger partial charge in [0.2, 0.25) is 0 Å². The van der Waals surface area contributed by atoms with Crippen molar-refractivity contribution in [1.82, 2.24) is 5.43 Å². The number of rotatable bonds is 8. The van der Waals surface area contributed by atoms with Crippen LogP contribution in [0.15, 0.2) is 82.8 Å². The normalized spacial score (nSPS) is 11.8. The highest BCUT2D eigenvalue weighted by atomic mass is 35.5. The van der Waals surface area contributed by atoms with Crippen LogP contribution in [0.2, 0.25) is 5.02 Å². The molecule has 0 fully saturated rings. The first-order valence-electron chi connectivity index (χ1n) is 10.4. The van der Waals surface area contributed by atoms with Gasteiger partial charge in [-0.1, -0.05) is 41.9 Å². The second kappa shape index (κ2) is 11.4. The molecule has 3 aromatic carbocycles. The molecule has 0 radical (unpaired) electrons. The third-order valence-corrected chi connectivity index (χ3v) is 6.99. The number of hydrogen-bond donors (Lipinski definition) is 1. The molecule has 0 heterocycles. The summed E-state index contributed by atoms with van der Waals surface area (Å²) in [7, 11) is -3.26. The molecule has 0 bridgehead atoms. The van der Waals surface area contributed by atoms with E-state index in [-0.39, 0.29) is 9.92 Å². The zero-order chi connectivity index (χ0) is 27.2. The molecule has 0 saturated carbocycles. The fourth-order valence-electron chi connectivity index (χ4n) is 3.07. The molecule has 0 aliphatic rings. The maximum Gasteiger partial charge on any atom is 0.416 e. The Balaban J connectivity index is 1.88. The molecule has 0 aliphatic carbocycles. The monoisotopic (exact) mass is 553 g/mol. The summed E-state index contributed by atoms with van der Waals surface area (Å²) in [6.45, 7) is -0.920. The Hall–Kier alpha value is -3.90. The van der Waals surface area contributed by atoms with E-state index in [1.54, 1.807) is 6.07 Å². The molecule has 0 aromatic heterocycles. The smallest absolute Gasteiger partial charge is 0.416 e. The van der Waals surface area contributed by atoms with E-state index in [9.17, 15) is 31.2 Å². The minimum Gasteiger partial charge on any atom is -0.465 e. The van der Waals surface area contributed by atoms with Crippen LogP contribution in [0, 0.1) is 0 Å². The summed E-state index contributed by atoms with van der Waals surface area (Å²) >= 11 is 6.08. The van der Waals surface area contributed by atoms with E-state index < -0.39 is 45.9 Å². The number of hydrazone groups is 1. The average Bonchev–Trinajstić information content (AvgIpc) is 2.87. The van der Waals surface area contributed by atoms with Gasteiger partial charge in [-0.15, -0.1) is 0 Å². The average molecular weight is 554 g/mol. The Labute approximate surface area is 215 Å². The van der Waals surface area contributed by atoms with E-state index >= 15 is 0 Å². The zero-order valence-electron chi connectivity index (χ0n) is 19.1. The summed E-state index contributed by atoms with van der Waals surface area (Å²) in [4.78, 5) is 23.8. The Morgan fingerprint density at radius 3 is 2.30 bits per heavy atom. The van der Waals surface area contributed by atoms with Crippen molar-refractivity contribution in [1.29, 1.82) is 0 Å². The van der Waals surface area contributed by atoms with Gasteiger partial charge in [-0.3, -0.25) is 9.10 Å². The number of alkyl halides is 3. The molecule has 8 nitrogen and oxygen atoms in total. The molecule has 0 aliphatic heterocycles. The molecule has 0 saturated heterocycles. The molecule has 1 amide bonds. The predicted octanol–water partition coefficient (Wildman–Crippen LogP) is 4.49. The van der Waals surface area contributed by atoms with Crippen molar-refractivity contribution in [2.75, 3.05) is 18.0 Å². The molecule has 3 rings (SSSR count). The van der Waals surface area contributed by atoms with Crippen LogP contribution in [-0.4, -0.2) is 40.2 Å². The molecule has 13 heteroatoms. The fraction of sp³-hybridized carbons (Fsp3) is 0.125. The van der Waals surface area contributed by atoms with E-state index in [0.29, 0.717) is 27.6 Å². The van der Waals surface area contributed by atoms with Gasteiger partial charge in [-0.05, 0) is 48.0 Å². The highest BCUT2D eigenvalue weighted by Crippen LogP contribution is 2.37. The van der Waals surface area contributed by atoms with Gasteiger partial charge in [-0.2, -0.15) is 18.3 Å². The standard InChI is InChI=1S/C24H19ClF3N3O5S/c1-36-23(33)17-9-7-16(8-10-17)14-29-30-22(32)15-31(37(34,35)19-5-3-2-4-6-19)21-13-18(24(26,27)28)11-12-20(21)25/h2-14H,15H2,1H3,(H,30,32)/b29-14+. The van der Waals surface area contributed by atoms with Crippen LogP contribution in [0.25, 0.3) is 0 Å². The van der Waals surface area contributed by atoms with Crippen molar-refractivity contribution in [3.63, 3.8) is 0 Å². The van der Waals surface area contributed by atoms with E-state index in [2.05, 4.69) is 15.3 Å². The molecule has 37 heavy (non-hydrogen) atoms. The lowest BCUT2D eigenvalue weighted by Crippen LogP contribution is -2.40. The molecule has 3 aromatic rings. The molecule has 194 valence electrons. The van der Waals surface area contributed by atoms with Crippen LogP contribution in [0.1, 0.15) is 21.5 Å². The van der Waals surface area contributed by atoms with Gasteiger partial charge in [0.15, 0.2) is 0 Å². The number of nitrogens with one attached hydrogen (secondary N) is 1. The van der Waals surface area contributed by atoms with Gasteiger partial charge >= 0.3 is 12.1 Å². The number of halogens is 4. The van der Waals surface area contributed by atoms with Crippen LogP contribution < -0.4 is 9.73 Å². The molecule has 0 unspecified atom stereocenters. The number of esters is 1. The molecular formula is C24H19ClF3N3O5S. The Morgan fingerprint density at radius 2 is 1.70 bits per heavy atom. The summed E-state index contributed by atoms with van der Waals surface area (Å²) in [6, 6.07) is 15.0. The van der Waals surface area contributed by atoms with Gasteiger partial charge in [0, 0.05) is 0 Å². The first-order chi connectivity index (χ1) is 17.4. The molecule has 0 atom stereocenters. The highest BCUT2D eigenvalue weighted by Gasteiger charge is 2.34. The van der Waals surface area contributed by atoms with E-state index in [4.69, 9.17) is 11.6 Å². The Kier molecular flexibility index (Phi) is 8.56. The van der Waals surface area contributed by atoms with Gasteiger partial charge in [0.05, 0.1) is 40.1 Å². The third kappa shape index (κ3) is 6.86. The minimum absolute atomic E-state index is 0.259. The summed E-state index contributed by atoms with van der Waals surface area (Å²) in [5.41, 5.74) is 1.24. The number of carbonyl (C=O) groups excluding carboxylic acids is 2. The summed E-state index contributed by atoms with van der Waals surface area (Å²) in [5, 5.41) is 3.43. The van der Waals surface area contributed by atoms with Gasteiger partial charge < -0.3 is 4.74 Å². The van der Waals surface area contributed by atoms with Crippen molar-refractivity contribution in [3.8, 4) is 0 Å². The van der Waals surface area contributed by atoms with Crippen molar-refractivity contribution in [3.05, 3.63) is 94.5 Å². The van der Waals surface area contributed by atoms with Crippen molar-refractivity contribution in [2.24, 2.45) is 5.10 Å². The van der Waals surface area contributed by atoms with Crippen molar-refractivity contribution >= 4 is 45.4 Å². The van der Waals surface area contributed by atoms with Crippen LogP contribution in [0.5, 0.6) is 0 Å². The lowest BCUT2D eigenvalue weighted by molar-refractivity contribution is -0.137. The van der Waals surface area contributed by atoms with Crippen molar-refractivity contribution in [2.45, 2.75) is 11.1 Å². The van der Waals surface area contributed by atoms with Gasteiger partial charge in [0.25, 0.3) is 15.9 Å². The first kappa shape index (κ1) is 27.7. The fourth-order valence-corrected chi connectivity index (χ4v) is 4.79. The Morgan fingerprint density at radius 1 is 1.05 bits per heavy atom. The van der Waals surface area contributed by atoms with E-state index in [1.165, 1.54) is 61.9 Å². The lowest BCUT2D eigenvalue weighted by atomic mass is 10.1. The maximum atomic E-state index is 13.3. The molecular weight excluding hydrogens is 535 g/mol. The van der Waals surface area contributed by atoms with Crippen LogP contribution in [0.3, 0.4) is 0 Å². The molecule has 1 N–H and O–H groups in total. The number of carbonyl (C=O) groups is 2. The number of methoxy groups -OCH3 is 1. The highest BCUT2D eigenvalue weighted by molar-refractivity contribution is 7.92. The number of sulfonamides is 1. The van der Waals surface area contributed by atoms with Gasteiger partial charge in [-0.25, -0.2) is 18.6 Å². The number of amides is 1. The summed E-state index contributed by atoms with van der Waals surface area (Å²) < 4.78 is 71.7.